The summed E-state index contributed by atoms with van der Waals surface area (Å²) in [6.07, 6.45) is 0.907. The van der Waals surface area contributed by atoms with Crippen LogP contribution in [0.5, 0.6) is 0 Å². The average Bonchev–Trinajstić information content (AvgIpc) is 3.07. The molecule has 0 saturated carbocycles. The third kappa shape index (κ3) is 3.20. The molecule has 2 aromatic carbocycles. The van der Waals surface area contributed by atoms with Gasteiger partial charge in [0, 0.05) is 0 Å². The lowest BCUT2D eigenvalue weighted by molar-refractivity contribution is 0.576. The zero-order valence-corrected chi connectivity index (χ0v) is 15.1. The second kappa shape index (κ2) is 6.08. The molecule has 0 spiro atoms. The summed E-state index contributed by atoms with van der Waals surface area (Å²) in [6, 6.07) is 12.3. The minimum atomic E-state index is -4.01. The standard InChI is InChI=1S/C16H15N3O4S2/c1-12-3-7-14(8-4-12)24(20,21)16-11-19(18-17-16)25(22,23)15-9-5-13(2)6-10-15/h3-11H,1-2H3. The monoisotopic (exact) mass is 377 g/mol. The van der Waals surface area contributed by atoms with E-state index in [2.05, 4.69) is 10.3 Å². The maximum atomic E-state index is 12.6. The van der Waals surface area contributed by atoms with Gasteiger partial charge in [-0.25, -0.2) is 8.42 Å². The molecule has 3 rings (SSSR count). The van der Waals surface area contributed by atoms with Gasteiger partial charge in [0.25, 0.3) is 10.0 Å². The van der Waals surface area contributed by atoms with Crippen molar-refractivity contribution >= 4 is 19.9 Å². The second-order valence-electron chi connectivity index (χ2n) is 5.56. The molecule has 0 radical (unpaired) electrons. The number of hydrogen-bond acceptors (Lipinski definition) is 6. The van der Waals surface area contributed by atoms with Crippen LogP contribution in [0.15, 0.2) is 69.5 Å². The molecule has 130 valence electrons. The highest BCUT2D eigenvalue weighted by Gasteiger charge is 2.25. The molecule has 0 aliphatic carbocycles. The molecule has 0 saturated heterocycles. The number of aromatic nitrogens is 3. The minimum absolute atomic E-state index is 0.00211. The molecule has 0 N–H and O–H groups in total. The van der Waals surface area contributed by atoms with Gasteiger partial charge in [0.2, 0.25) is 14.9 Å². The first kappa shape index (κ1) is 17.3. The minimum Gasteiger partial charge on any atom is -0.217 e. The van der Waals surface area contributed by atoms with Gasteiger partial charge in [0.1, 0.15) is 0 Å². The van der Waals surface area contributed by atoms with Gasteiger partial charge in [0.15, 0.2) is 0 Å². The first-order chi connectivity index (χ1) is 11.7. The molecule has 0 fully saturated rings. The Morgan fingerprint density at radius 1 is 0.760 bits per heavy atom. The maximum absolute atomic E-state index is 12.6. The number of hydrogen-bond donors (Lipinski definition) is 0. The first-order valence-corrected chi connectivity index (χ1v) is 10.2. The van der Waals surface area contributed by atoms with Gasteiger partial charge in [-0.3, -0.25) is 0 Å². The molecule has 1 heterocycles. The zero-order chi connectivity index (χ0) is 18.2. The van der Waals surface area contributed by atoms with Crippen molar-refractivity contribution in [1.82, 2.24) is 14.4 Å². The molecule has 0 aliphatic rings. The van der Waals surface area contributed by atoms with E-state index in [-0.39, 0.29) is 9.79 Å². The molecule has 0 atom stereocenters. The molecular formula is C16H15N3O4S2. The molecule has 7 nitrogen and oxygen atoms in total. The number of nitrogens with zero attached hydrogens (tertiary/aromatic N) is 3. The van der Waals surface area contributed by atoms with E-state index in [0.29, 0.717) is 4.09 Å². The normalized spacial score (nSPS) is 12.2. The van der Waals surface area contributed by atoms with Crippen molar-refractivity contribution in [2.75, 3.05) is 0 Å². The van der Waals surface area contributed by atoms with Crippen LogP contribution in [0.3, 0.4) is 0 Å². The van der Waals surface area contributed by atoms with Crippen LogP contribution in [-0.2, 0) is 19.9 Å². The van der Waals surface area contributed by atoms with Gasteiger partial charge in [-0.15, -0.1) is 9.19 Å². The topological polar surface area (TPSA) is 99.0 Å². The van der Waals surface area contributed by atoms with E-state index in [1.807, 2.05) is 13.8 Å². The van der Waals surface area contributed by atoms with Gasteiger partial charge in [-0.1, -0.05) is 40.6 Å². The lowest BCUT2D eigenvalue weighted by atomic mass is 10.2. The van der Waals surface area contributed by atoms with E-state index in [4.69, 9.17) is 0 Å². The third-order valence-corrected chi connectivity index (χ3v) is 6.79. The van der Waals surface area contributed by atoms with Crippen LogP contribution in [0.25, 0.3) is 0 Å². The molecular weight excluding hydrogens is 362 g/mol. The van der Waals surface area contributed by atoms with Crippen LogP contribution in [-0.4, -0.2) is 31.2 Å². The number of rotatable bonds is 4. The fourth-order valence-electron chi connectivity index (χ4n) is 2.13. The van der Waals surface area contributed by atoms with Gasteiger partial charge in [-0.05, 0) is 38.1 Å². The summed E-state index contributed by atoms with van der Waals surface area (Å²) in [5.41, 5.74) is 1.81. The van der Waals surface area contributed by atoms with Crippen molar-refractivity contribution in [2.24, 2.45) is 0 Å². The Labute approximate surface area is 145 Å². The first-order valence-electron chi connectivity index (χ1n) is 7.27. The van der Waals surface area contributed by atoms with Crippen molar-refractivity contribution < 1.29 is 16.8 Å². The Hall–Kier alpha value is -2.52. The summed E-state index contributed by atoms with van der Waals surface area (Å²) in [6.45, 7) is 3.67. The van der Waals surface area contributed by atoms with Crippen LogP contribution in [0.1, 0.15) is 11.1 Å². The van der Waals surface area contributed by atoms with Gasteiger partial charge >= 0.3 is 0 Å². The van der Waals surface area contributed by atoms with Gasteiger partial charge in [0.05, 0.1) is 16.0 Å². The number of benzene rings is 2. The summed E-state index contributed by atoms with van der Waals surface area (Å²) in [5.74, 6) is 0. The second-order valence-corrected chi connectivity index (χ2v) is 9.26. The zero-order valence-electron chi connectivity index (χ0n) is 13.5. The molecule has 3 aromatic rings. The number of aryl methyl sites for hydroxylation is 2. The summed E-state index contributed by atoms with van der Waals surface area (Å²) < 4.78 is 50.7. The van der Waals surface area contributed by atoms with Gasteiger partial charge < -0.3 is 0 Å². The Bertz CT molecular complexity index is 1020. The van der Waals surface area contributed by atoms with Crippen LogP contribution in [0.4, 0.5) is 0 Å². The molecule has 1 aromatic heterocycles. The lowest BCUT2D eigenvalue weighted by Crippen LogP contribution is -2.13. The fraction of sp³-hybridized carbons (Fsp3) is 0.125. The largest absolute Gasteiger partial charge is 0.284 e. The van der Waals surface area contributed by atoms with E-state index >= 15 is 0 Å². The van der Waals surface area contributed by atoms with E-state index in [9.17, 15) is 16.8 Å². The van der Waals surface area contributed by atoms with Crippen LogP contribution in [0.2, 0.25) is 0 Å². The quantitative estimate of drug-likeness (QED) is 0.689. The van der Waals surface area contributed by atoms with Crippen molar-refractivity contribution in [3.05, 3.63) is 65.9 Å². The Morgan fingerprint density at radius 3 is 1.76 bits per heavy atom. The average molecular weight is 377 g/mol. The highest BCUT2D eigenvalue weighted by molar-refractivity contribution is 7.91. The van der Waals surface area contributed by atoms with Crippen molar-refractivity contribution in [2.45, 2.75) is 28.7 Å². The highest BCUT2D eigenvalue weighted by atomic mass is 32.2. The summed E-state index contributed by atoms with van der Waals surface area (Å²) in [7, 11) is -7.95. The molecule has 0 amide bonds. The Morgan fingerprint density at radius 2 is 1.24 bits per heavy atom. The smallest absolute Gasteiger partial charge is 0.217 e. The Balaban J connectivity index is 2.02. The predicted octanol–water partition coefficient (Wildman–Crippen LogP) is 1.96. The third-order valence-electron chi connectivity index (χ3n) is 3.62. The summed E-state index contributed by atoms with van der Waals surface area (Å²) in [5, 5.41) is 6.61. The Kier molecular flexibility index (Phi) is 4.21. The fourth-order valence-corrected chi connectivity index (χ4v) is 4.38. The molecule has 0 bridgehead atoms. The van der Waals surface area contributed by atoms with Crippen LogP contribution in [0, 0.1) is 13.8 Å². The van der Waals surface area contributed by atoms with Crippen molar-refractivity contribution in [3.8, 4) is 0 Å². The highest BCUT2D eigenvalue weighted by Crippen LogP contribution is 2.20. The van der Waals surface area contributed by atoms with Crippen LogP contribution >= 0.6 is 0 Å². The van der Waals surface area contributed by atoms with Crippen molar-refractivity contribution in [1.29, 1.82) is 0 Å². The molecule has 0 unspecified atom stereocenters. The molecule has 9 heteroatoms. The van der Waals surface area contributed by atoms with Crippen LogP contribution < -0.4 is 0 Å². The molecule has 25 heavy (non-hydrogen) atoms. The van der Waals surface area contributed by atoms with E-state index in [1.165, 1.54) is 24.3 Å². The summed E-state index contributed by atoms with van der Waals surface area (Å²) >= 11 is 0. The van der Waals surface area contributed by atoms with E-state index in [0.717, 1.165) is 17.3 Å². The van der Waals surface area contributed by atoms with E-state index in [1.54, 1.807) is 24.3 Å². The number of sulfone groups is 1. The van der Waals surface area contributed by atoms with E-state index < -0.39 is 24.9 Å². The van der Waals surface area contributed by atoms with Gasteiger partial charge in [-0.2, -0.15) is 8.42 Å². The predicted molar refractivity (Wildman–Crippen MR) is 90.4 cm³/mol. The SMILES string of the molecule is Cc1ccc(S(=O)(=O)c2cn(S(=O)(=O)c3ccc(C)cc3)nn2)cc1. The van der Waals surface area contributed by atoms with Crippen molar-refractivity contribution in [3.63, 3.8) is 0 Å². The maximum Gasteiger partial charge on any atom is 0.284 e. The lowest BCUT2D eigenvalue weighted by Gasteiger charge is -2.03. The summed E-state index contributed by atoms with van der Waals surface area (Å²) in [4.78, 5) is 0.0279. The molecule has 0 aliphatic heterocycles.